The molecule has 8 N–H and O–H groups in total. The van der Waals surface area contributed by atoms with Crippen molar-refractivity contribution in [2.75, 3.05) is 6.61 Å². The zero-order valence-electron chi connectivity index (χ0n) is 9.07. The highest BCUT2D eigenvalue weighted by Gasteiger charge is 2.40. The van der Waals surface area contributed by atoms with E-state index in [2.05, 4.69) is 4.65 Å². The van der Waals surface area contributed by atoms with Crippen LogP contribution >= 0.6 is 0 Å². The maximum Gasteiger partial charge on any atom is 0.634 e. The van der Waals surface area contributed by atoms with E-state index >= 15 is 0 Å². The van der Waals surface area contributed by atoms with Crippen molar-refractivity contribution in [3.8, 4) is 0 Å². The smallest absolute Gasteiger partial charge is 0.479 e. The van der Waals surface area contributed by atoms with Gasteiger partial charge in [0.15, 0.2) is 6.10 Å². The van der Waals surface area contributed by atoms with Gasteiger partial charge in [-0.25, -0.2) is 4.79 Å². The molecule has 0 aromatic rings. The monoisotopic (exact) mass is 270 g/mol. The van der Waals surface area contributed by atoms with Crippen molar-refractivity contribution >= 4 is 13.3 Å². The molecule has 0 radical (unpaired) electrons. The van der Waals surface area contributed by atoms with Crippen molar-refractivity contribution in [2.24, 2.45) is 0 Å². The molecule has 0 saturated heterocycles. The Bertz CT molecular complexity index is 261. The van der Waals surface area contributed by atoms with Crippen LogP contribution in [0, 0.1) is 0 Å². The zero-order valence-corrected chi connectivity index (χ0v) is 9.07. The van der Waals surface area contributed by atoms with Crippen LogP contribution in [0.15, 0.2) is 0 Å². The molecule has 0 aliphatic carbocycles. The van der Waals surface area contributed by atoms with Crippen molar-refractivity contribution in [3.05, 3.63) is 0 Å². The minimum Gasteiger partial charge on any atom is -0.479 e. The van der Waals surface area contributed by atoms with Crippen molar-refractivity contribution < 1.29 is 50.1 Å². The number of carbonyl (C=O) groups is 1. The van der Waals surface area contributed by atoms with Crippen LogP contribution in [0.25, 0.3) is 0 Å². The van der Waals surface area contributed by atoms with Gasteiger partial charge in [-0.2, -0.15) is 0 Å². The molecule has 106 valence electrons. The first-order valence-electron chi connectivity index (χ1n) is 4.79. The largest absolute Gasteiger partial charge is 0.634 e. The third kappa shape index (κ3) is 4.84. The molecule has 0 spiro atoms. The molecular weight excluding hydrogens is 255 g/mol. The minimum absolute atomic E-state index is 0.938. The van der Waals surface area contributed by atoms with Gasteiger partial charge in [-0.1, -0.05) is 0 Å². The van der Waals surface area contributed by atoms with Gasteiger partial charge in [0.25, 0.3) is 0 Å². The molecular formula is C7H15BO10. The summed E-state index contributed by atoms with van der Waals surface area (Å²) in [5, 5.41) is 70.9. The fourth-order valence-electron chi connectivity index (χ4n) is 1.13. The highest BCUT2D eigenvalue weighted by atomic mass is 16.6. The molecule has 11 heteroatoms. The summed E-state index contributed by atoms with van der Waals surface area (Å²) < 4.78 is 4.00. The Balaban J connectivity index is 4.75. The van der Waals surface area contributed by atoms with Gasteiger partial charge in [0.2, 0.25) is 0 Å². The molecule has 0 aliphatic rings. The average Bonchev–Trinajstić information content (AvgIpc) is 2.31. The van der Waals surface area contributed by atoms with Crippen molar-refractivity contribution in [2.45, 2.75) is 30.5 Å². The summed E-state index contributed by atoms with van der Waals surface area (Å²) in [7, 11) is -2.52. The molecule has 0 fully saturated rings. The standard InChI is InChI=1S/C7H15BO10/c9-1-2(10)3(11)4(12)5(13)6(7(14)15)18-8(16)17/h2-6,9-13,16-17H,1H2,(H,14,15)/t2-,3+,4-,5-,6-/m1/s1. The lowest BCUT2D eigenvalue weighted by Gasteiger charge is -2.28. The first-order chi connectivity index (χ1) is 8.22. The number of carboxylic acid groups (broad SMARTS) is 1. The lowest BCUT2D eigenvalue weighted by Crippen LogP contribution is -2.53. The second-order valence-corrected chi connectivity index (χ2v) is 3.44. The zero-order chi connectivity index (χ0) is 14.5. The maximum absolute atomic E-state index is 10.6. The quantitative estimate of drug-likeness (QED) is 0.198. The molecule has 0 saturated carbocycles. The molecule has 0 heterocycles. The van der Waals surface area contributed by atoms with Gasteiger partial charge in [0.1, 0.15) is 24.4 Å². The summed E-state index contributed by atoms with van der Waals surface area (Å²) in [5.74, 6) is -1.83. The van der Waals surface area contributed by atoms with E-state index in [1.807, 2.05) is 0 Å². The number of aliphatic hydroxyl groups is 5. The number of hydrogen-bond donors (Lipinski definition) is 8. The Kier molecular flexibility index (Phi) is 7.27. The highest BCUT2D eigenvalue weighted by Crippen LogP contribution is 2.11. The Morgan fingerprint density at radius 2 is 1.56 bits per heavy atom. The fourth-order valence-corrected chi connectivity index (χ4v) is 1.13. The van der Waals surface area contributed by atoms with Crippen LogP contribution in [-0.2, 0) is 9.45 Å². The summed E-state index contributed by atoms with van der Waals surface area (Å²) in [6, 6.07) is 0. The first-order valence-corrected chi connectivity index (χ1v) is 4.79. The van der Waals surface area contributed by atoms with Crippen molar-refractivity contribution in [1.29, 1.82) is 0 Å². The van der Waals surface area contributed by atoms with Gasteiger partial charge in [-0.3, -0.25) is 0 Å². The molecule has 0 rings (SSSR count). The SMILES string of the molecule is O=C(O)[C@H](OB(O)O)[C@H](O)[C@H](O)[C@@H](O)[C@H](O)CO. The minimum atomic E-state index is -2.52. The number of aliphatic carboxylic acids is 1. The number of carboxylic acids is 1. The van der Waals surface area contributed by atoms with Gasteiger partial charge in [-0.15, -0.1) is 0 Å². The molecule has 0 unspecified atom stereocenters. The predicted molar refractivity (Wildman–Crippen MR) is 53.8 cm³/mol. The summed E-state index contributed by atoms with van der Waals surface area (Å²) >= 11 is 0. The molecule has 0 bridgehead atoms. The number of aliphatic hydroxyl groups excluding tert-OH is 5. The van der Waals surface area contributed by atoms with E-state index in [0.29, 0.717) is 0 Å². The molecule has 18 heavy (non-hydrogen) atoms. The first kappa shape index (κ1) is 17.2. The summed E-state index contributed by atoms with van der Waals surface area (Å²) in [6.45, 7) is -0.938. The van der Waals surface area contributed by atoms with Crippen LogP contribution in [0.2, 0.25) is 0 Å². The third-order valence-corrected chi connectivity index (χ3v) is 2.10. The average molecular weight is 270 g/mol. The molecule has 0 aromatic carbocycles. The van der Waals surface area contributed by atoms with Crippen molar-refractivity contribution in [3.63, 3.8) is 0 Å². The van der Waals surface area contributed by atoms with Crippen LogP contribution in [0.4, 0.5) is 0 Å². The lowest BCUT2D eigenvalue weighted by molar-refractivity contribution is -0.169. The summed E-state index contributed by atoms with van der Waals surface area (Å²) in [6.07, 6.45) is -10.6. The van der Waals surface area contributed by atoms with Crippen LogP contribution in [0.1, 0.15) is 0 Å². The highest BCUT2D eigenvalue weighted by molar-refractivity contribution is 6.33. The van der Waals surface area contributed by atoms with Gasteiger partial charge < -0.3 is 45.3 Å². The van der Waals surface area contributed by atoms with E-state index in [1.165, 1.54) is 0 Å². The van der Waals surface area contributed by atoms with Gasteiger partial charge in [0.05, 0.1) is 6.61 Å². The van der Waals surface area contributed by atoms with Crippen molar-refractivity contribution in [1.82, 2.24) is 0 Å². The maximum atomic E-state index is 10.6. The lowest BCUT2D eigenvalue weighted by atomic mass is 9.98. The normalized spacial score (nSPS) is 19.7. The molecule has 0 amide bonds. The van der Waals surface area contributed by atoms with E-state index < -0.39 is 50.4 Å². The topological polar surface area (TPSA) is 188 Å². The molecule has 10 nitrogen and oxygen atoms in total. The number of hydrogen-bond acceptors (Lipinski definition) is 9. The predicted octanol–water partition coefficient (Wildman–Crippen LogP) is -5.14. The molecule has 5 atom stereocenters. The second-order valence-electron chi connectivity index (χ2n) is 3.44. The van der Waals surface area contributed by atoms with Crippen LogP contribution in [0.3, 0.4) is 0 Å². The second kappa shape index (κ2) is 7.61. The Morgan fingerprint density at radius 1 is 1.06 bits per heavy atom. The van der Waals surface area contributed by atoms with E-state index in [1.54, 1.807) is 0 Å². The summed E-state index contributed by atoms with van der Waals surface area (Å²) in [4.78, 5) is 10.6. The molecule has 0 aliphatic heterocycles. The van der Waals surface area contributed by atoms with Gasteiger partial charge >= 0.3 is 13.3 Å². The van der Waals surface area contributed by atoms with E-state index in [9.17, 15) is 20.1 Å². The molecule has 0 aromatic heterocycles. The van der Waals surface area contributed by atoms with Crippen LogP contribution < -0.4 is 0 Å². The number of rotatable bonds is 8. The third-order valence-electron chi connectivity index (χ3n) is 2.10. The van der Waals surface area contributed by atoms with Gasteiger partial charge in [0, 0.05) is 0 Å². The van der Waals surface area contributed by atoms with E-state index in [-0.39, 0.29) is 0 Å². The fraction of sp³-hybridized carbons (Fsp3) is 0.857. The Morgan fingerprint density at radius 3 is 1.89 bits per heavy atom. The summed E-state index contributed by atoms with van der Waals surface area (Å²) in [5.41, 5.74) is 0. The van der Waals surface area contributed by atoms with E-state index in [4.69, 9.17) is 25.4 Å². The Hall–Kier alpha value is -0.785. The van der Waals surface area contributed by atoms with Gasteiger partial charge in [-0.05, 0) is 0 Å². The van der Waals surface area contributed by atoms with Crippen LogP contribution in [0.5, 0.6) is 0 Å². The van der Waals surface area contributed by atoms with E-state index in [0.717, 1.165) is 0 Å². The Labute approximate surface area is 101 Å². The van der Waals surface area contributed by atoms with Crippen LogP contribution in [-0.4, -0.2) is 91.1 Å².